The van der Waals surface area contributed by atoms with Crippen LogP contribution < -0.4 is 0 Å². The number of aliphatic hydroxyl groups excluding tert-OH is 4. The molecule has 0 spiro atoms. The van der Waals surface area contributed by atoms with Crippen molar-refractivity contribution in [2.24, 2.45) is 5.92 Å². The molecule has 10 heteroatoms. The van der Waals surface area contributed by atoms with Crippen LogP contribution in [0.2, 0.25) is 0 Å². The summed E-state index contributed by atoms with van der Waals surface area (Å²) in [5.74, 6) is -1.02. The molecule has 0 saturated heterocycles. The van der Waals surface area contributed by atoms with Crippen LogP contribution in [0, 0.1) is 5.92 Å². The molecule has 19 heavy (non-hydrogen) atoms. The Morgan fingerprint density at radius 1 is 0.789 bits per heavy atom. The van der Waals surface area contributed by atoms with Crippen molar-refractivity contribution in [2.75, 3.05) is 26.4 Å². The van der Waals surface area contributed by atoms with E-state index in [1.54, 1.807) is 6.92 Å². The zero-order chi connectivity index (χ0) is 15.7. The van der Waals surface area contributed by atoms with Crippen molar-refractivity contribution in [3.63, 3.8) is 0 Å². The smallest absolute Gasteiger partial charge is 0.402 e. The molecular formula is C9H23BO9. The van der Waals surface area contributed by atoms with Gasteiger partial charge in [-0.05, 0) is 6.42 Å². The average Bonchev–Trinajstić information content (AvgIpc) is 2.38. The summed E-state index contributed by atoms with van der Waals surface area (Å²) in [5, 5.41) is 76.9. The minimum absolute atomic E-state index is 0.190. The first-order valence-electron chi connectivity index (χ1n) is 5.59. The highest BCUT2D eigenvalue weighted by molar-refractivity contribution is 6.30. The number of hydrogen-bond acceptors (Lipinski definition) is 9. The lowest BCUT2D eigenvalue weighted by molar-refractivity contribution is -0.189. The van der Waals surface area contributed by atoms with Crippen LogP contribution in [0.3, 0.4) is 0 Å². The van der Waals surface area contributed by atoms with Gasteiger partial charge in [0.15, 0.2) is 0 Å². The van der Waals surface area contributed by atoms with Gasteiger partial charge in [0, 0.05) is 5.92 Å². The van der Waals surface area contributed by atoms with Gasteiger partial charge in [-0.2, -0.15) is 0 Å². The molecule has 0 aliphatic heterocycles. The first-order chi connectivity index (χ1) is 8.67. The number of rotatable bonds is 7. The molecule has 0 saturated carbocycles. The van der Waals surface area contributed by atoms with E-state index in [1.807, 2.05) is 0 Å². The molecule has 0 aromatic heterocycles. The molecule has 0 atom stereocenters. The first kappa shape index (κ1) is 21.0. The minimum Gasteiger partial charge on any atom is -0.402 e. The van der Waals surface area contributed by atoms with E-state index in [0.717, 1.165) is 0 Å². The van der Waals surface area contributed by atoms with E-state index in [1.165, 1.54) is 0 Å². The van der Waals surface area contributed by atoms with Gasteiger partial charge in [0.1, 0.15) is 11.2 Å². The average molecular weight is 286 g/mol. The highest BCUT2D eigenvalue weighted by Crippen LogP contribution is 2.31. The molecule has 9 N–H and O–H groups in total. The molecule has 0 aromatic rings. The van der Waals surface area contributed by atoms with Gasteiger partial charge < -0.3 is 45.7 Å². The van der Waals surface area contributed by atoms with E-state index in [9.17, 15) is 10.2 Å². The summed E-state index contributed by atoms with van der Waals surface area (Å²) in [6, 6.07) is 0. The third-order valence-corrected chi connectivity index (χ3v) is 2.80. The van der Waals surface area contributed by atoms with Crippen molar-refractivity contribution in [3.05, 3.63) is 0 Å². The van der Waals surface area contributed by atoms with Crippen LogP contribution in [0.15, 0.2) is 0 Å². The van der Waals surface area contributed by atoms with Gasteiger partial charge in [-0.3, -0.25) is 0 Å². The first-order valence-corrected chi connectivity index (χ1v) is 5.59. The topological polar surface area (TPSA) is 182 Å². The van der Waals surface area contributed by atoms with Gasteiger partial charge in [0.25, 0.3) is 0 Å². The molecule has 0 aliphatic carbocycles. The third-order valence-electron chi connectivity index (χ3n) is 2.80. The highest BCUT2D eigenvalue weighted by Gasteiger charge is 2.47. The van der Waals surface area contributed by atoms with E-state index in [-0.39, 0.29) is 6.42 Å². The maximum atomic E-state index is 9.80. The van der Waals surface area contributed by atoms with Gasteiger partial charge in [0.05, 0.1) is 26.4 Å². The van der Waals surface area contributed by atoms with Crippen molar-refractivity contribution in [3.8, 4) is 0 Å². The molecule has 0 heterocycles. The standard InChI is InChI=1S/C9H20O6.BH3O3/c1-2-7(8(14,3-10)4-11)9(15,5-12)6-13;2-1(3)4/h7,10-15H,2-6H2,1H3;2-4H. The lowest BCUT2D eigenvalue weighted by Crippen LogP contribution is -2.59. The van der Waals surface area contributed by atoms with E-state index in [0.29, 0.717) is 0 Å². The normalized spacial score (nSPS) is 12.2. The van der Waals surface area contributed by atoms with Crippen LogP contribution in [-0.4, -0.2) is 90.7 Å². The van der Waals surface area contributed by atoms with Crippen molar-refractivity contribution in [1.82, 2.24) is 0 Å². The molecular weight excluding hydrogens is 263 g/mol. The maximum absolute atomic E-state index is 9.80. The van der Waals surface area contributed by atoms with Crippen LogP contribution in [0.5, 0.6) is 0 Å². The lowest BCUT2D eigenvalue weighted by atomic mass is 9.74. The second-order valence-electron chi connectivity index (χ2n) is 4.15. The predicted octanol–water partition coefficient (Wildman–Crippen LogP) is -4.61. The fourth-order valence-corrected chi connectivity index (χ4v) is 1.80. The molecule has 0 fully saturated rings. The Morgan fingerprint density at radius 2 is 1.00 bits per heavy atom. The summed E-state index contributed by atoms with van der Waals surface area (Å²) in [4.78, 5) is 0. The molecule has 0 rings (SSSR count). The Kier molecular flexibility index (Phi) is 10.6. The summed E-state index contributed by atoms with van der Waals surface area (Å²) < 4.78 is 0. The van der Waals surface area contributed by atoms with Gasteiger partial charge in [0.2, 0.25) is 0 Å². The largest absolute Gasteiger partial charge is 0.631 e. The molecule has 0 bridgehead atoms. The van der Waals surface area contributed by atoms with Crippen LogP contribution in [0.1, 0.15) is 13.3 Å². The van der Waals surface area contributed by atoms with Crippen molar-refractivity contribution >= 4 is 7.32 Å². The molecule has 0 radical (unpaired) electrons. The third kappa shape index (κ3) is 6.61. The molecule has 9 nitrogen and oxygen atoms in total. The van der Waals surface area contributed by atoms with Crippen molar-refractivity contribution in [1.29, 1.82) is 0 Å². The monoisotopic (exact) mass is 286 g/mol. The van der Waals surface area contributed by atoms with E-state index in [2.05, 4.69) is 0 Å². The van der Waals surface area contributed by atoms with E-state index >= 15 is 0 Å². The Hall–Kier alpha value is -0.295. The van der Waals surface area contributed by atoms with Gasteiger partial charge in [-0.1, -0.05) is 6.92 Å². The summed E-state index contributed by atoms with van der Waals surface area (Å²) >= 11 is 0. The predicted molar refractivity (Wildman–Crippen MR) is 64.4 cm³/mol. The summed E-state index contributed by atoms with van der Waals surface area (Å²) in [6.45, 7) is -1.43. The molecule has 116 valence electrons. The quantitative estimate of drug-likeness (QED) is 0.208. The number of hydrogen-bond donors (Lipinski definition) is 9. The molecule has 0 aromatic carbocycles. The van der Waals surface area contributed by atoms with Crippen LogP contribution >= 0.6 is 0 Å². The summed E-state index contributed by atoms with van der Waals surface area (Å²) in [5.41, 5.74) is -3.84. The lowest BCUT2D eigenvalue weighted by Gasteiger charge is -2.41. The maximum Gasteiger partial charge on any atom is 0.631 e. The van der Waals surface area contributed by atoms with E-state index < -0.39 is 50.9 Å². The summed E-state index contributed by atoms with van der Waals surface area (Å²) in [7, 11) is -2.17. The Balaban J connectivity index is 0. The Labute approximate surface area is 111 Å². The van der Waals surface area contributed by atoms with Gasteiger partial charge in [-0.15, -0.1) is 0 Å². The summed E-state index contributed by atoms with van der Waals surface area (Å²) in [6.07, 6.45) is 0.190. The zero-order valence-electron chi connectivity index (χ0n) is 10.7. The Morgan fingerprint density at radius 3 is 1.11 bits per heavy atom. The van der Waals surface area contributed by atoms with Crippen molar-refractivity contribution < 1.29 is 45.7 Å². The highest BCUT2D eigenvalue weighted by atomic mass is 16.5. The molecule has 0 unspecified atom stereocenters. The SMILES string of the molecule is CCC(C(O)(CO)CO)C(O)(CO)CO.OB(O)O. The molecule has 0 amide bonds. The zero-order valence-corrected chi connectivity index (χ0v) is 10.7. The van der Waals surface area contributed by atoms with Crippen LogP contribution in [0.4, 0.5) is 0 Å². The van der Waals surface area contributed by atoms with Crippen molar-refractivity contribution in [2.45, 2.75) is 24.5 Å². The second-order valence-corrected chi connectivity index (χ2v) is 4.15. The Bertz CT molecular complexity index is 197. The number of aliphatic hydroxyl groups is 6. The van der Waals surface area contributed by atoms with E-state index in [4.69, 9.17) is 35.5 Å². The van der Waals surface area contributed by atoms with Crippen LogP contribution in [0.25, 0.3) is 0 Å². The fourth-order valence-electron chi connectivity index (χ4n) is 1.80. The van der Waals surface area contributed by atoms with Crippen LogP contribution in [-0.2, 0) is 0 Å². The molecule has 0 aliphatic rings. The minimum atomic E-state index is -2.17. The fraction of sp³-hybridized carbons (Fsp3) is 1.00. The second kappa shape index (κ2) is 9.58. The van der Waals surface area contributed by atoms with Gasteiger partial charge in [-0.25, -0.2) is 0 Å². The van der Waals surface area contributed by atoms with Gasteiger partial charge >= 0.3 is 7.32 Å².